The molecule has 0 heterocycles. The Labute approximate surface area is 97.7 Å². The largest absolute Gasteiger partial charge is 0.334 e. The minimum atomic E-state index is 0.518. The number of aliphatic imine (C=N–C) groups is 1. The van der Waals surface area contributed by atoms with E-state index in [1.165, 1.54) is 11.8 Å². The van der Waals surface area contributed by atoms with Gasteiger partial charge in [-0.2, -0.15) is 0 Å². The summed E-state index contributed by atoms with van der Waals surface area (Å²) in [6, 6.07) is 5.44. The topological polar surface area (TPSA) is 24.4 Å². The highest BCUT2D eigenvalue weighted by atomic mass is 35.5. The molecule has 1 N–H and O–H groups in total. The van der Waals surface area contributed by atoms with Gasteiger partial charge < -0.3 is 5.32 Å². The van der Waals surface area contributed by atoms with Gasteiger partial charge >= 0.3 is 0 Å². The molecule has 0 saturated heterocycles. The lowest BCUT2D eigenvalue weighted by Crippen LogP contribution is -2.07. The van der Waals surface area contributed by atoms with E-state index in [4.69, 9.17) is 23.2 Å². The van der Waals surface area contributed by atoms with Gasteiger partial charge in [0.2, 0.25) is 0 Å². The Morgan fingerprint density at radius 3 is 2.71 bits per heavy atom. The van der Waals surface area contributed by atoms with Crippen molar-refractivity contribution in [2.45, 2.75) is 0 Å². The van der Waals surface area contributed by atoms with Crippen LogP contribution in [0.3, 0.4) is 0 Å². The molecule has 1 aromatic carbocycles. The molecule has 1 aromatic rings. The van der Waals surface area contributed by atoms with Gasteiger partial charge in [0.1, 0.15) is 0 Å². The van der Waals surface area contributed by atoms with Gasteiger partial charge in [-0.15, -0.1) is 0 Å². The molecule has 0 amide bonds. The Morgan fingerprint density at radius 1 is 1.43 bits per heavy atom. The fraction of sp³-hybridized carbons (Fsp3) is 0.222. The Balaban J connectivity index is 2.92. The molecule has 1 rings (SSSR count). The van der Waals surface area contributed by atoms with Crippen LogP contribution < -0.4 is 5.32 Å². The van der Waals surface area contributed by atoms with E-state index in [1.807, 2.05) is 18.4 Å². The SMILES string of the molecule is CN=C(Nc1cccc(Cl)c1Cl)SC. The number of rotatable bonds is 1. The predicted octanol–water partition coefficient (Wildman–Crippen LogP) is 3.75. The van der Waals surface area contributed by atoms with Crippen molar-refractivity contribution in [2.75, 3.05) is 18.6 Å². The number of hydrogen-bond donors (Lipinski definition) is 1. The normalized spacial score (nSPS) is 11.6. The first-order valence-electron chi connectivity index (χ1n) is 3.91. The van der Waals surface area contributed by atoms with Crippen LogP contribution in [0.2, 0.25) is 10.0 Å². The number of amidine groups is 1. The average molecular weight is 249 g/mol. The second-order valence-corrected chi connectivity index (χ2v) is 4.04. The molecule has 0 radical (unpaired) electrons. The molecule has 5 heteroatoms. The van der Waals surface area contributed by atoms with E-state index in [9.17, 15) is 0 Å². The van der Waals surface area contributed by atoms with E-state index in [1.54, 1.807) is 13.1 Å². The third-order valence-corrected chi connectivity index (χ3v) is 3.08. The zero-order chi connectivity index (χ0) is 10.6. The van der Waals surface area contributed by atoms with Crippen molar-refractivity contribution in [3.8, 4) is 0 Å². The molecule has 76 valence electrons. The van der Waals surface area contributed by atoms with Gasteiger partial charge in [0.05, 0.1) is 15.7 Å². The summed E-state index contributed by atoms with van der Waals surface area (Å²) < 4.78 is 0. The van der Waals surface area contributed by atoms with Crippen LogP contribution in [-0.2, 0) is 0 Å². The first kappa shape index (κ1) is 11.7. The number of thioether (sulfide) groups is 1. The van der Waals surface area contributed by atoms with Crippen LogP contribution >= 0.6 is 35.0 Å². The molecule has 2 nitrogen and oxygen atoms in total. The van der Waals surface area contributed by atoms with E-state index in [0.717, 1.165) is 10.9 Å². The Morgan fingerprint density at radius 2 is 2.14 bits per heavy atom. The molecule has 14 heavy (non-hydrogen) atoms. The van der Waals surface area contributed by atoms with Crippen molar-refractivity contribution in [1.82, 2.24) is 0 Å². The van der Waals surface area contributed by atoms with Crippen LogP contribution in [0.15, 0.2) is 23.2 Å². The van der Waals surface area contributed by atoms with Crippen LogP contribution in [0.1, 0.15) is 0 Å². The van der Waals surface area contributed by atoms with Gasteiger partial charge in [-0.25, -0.2) is 0 Å². The first-order chi connectivity index (χ1) is 6.69. The maximum absolute atomic E-state index is 5.99. The number of benzene rings is 1. The van der Waals surface area contributed by atoms with Crippen LogP contribution in [0.25, 0.3) is 0 Å². The summed E-state index contributed by atoms with van der Waals surface area (Å²) in [5.41, 5.74) is 0.772. The van der Waals surface area contributed by atoms with Gasteiger partial charge in [0.25, 0.3) is 0 Å². The van der Waals surface area contributed by atoms with Crippen molar-refractivity contribution in [3.63, 3.8) is 0 Å². The minimum Gasteiger partial charge on any atom is -0.334 e. The minimum absolute atomic E-state index is 0.518. The highest BCUT2D eigenvalue weighted by Crippen LogP contribution is 2.29. The van der Waals surface area contributed by atoms with Crippen LogP contribution in [0.5, 0.6) is 0 Å². The summed E-state index contributed by atoms with van der Waals surface area (Å²) in [6.07, 6.45) is 1.94. The van der Waals surface area contributed by atoms with Crippen molar-refractivity contribution >= 4 is 45.8 Å². The summed E-state index contributed by atoms with van der Waals surface area (Å²) in [6.45, 7) is 0. The lowest BCUT2D eigenvalue weighted by Gasteiger charge is -2.08. The number of hydrogen-bond acceptors (Lipinski definition) is 2. The van der Waals surface area contributed by atoms with Crippen LogP contribution in [-0.4, -0.2) is 18.5 Å². The second kappa shape index (κ2) is 5.49. The number of nitrogens with one attached hydrogen (secondary N) is 1. The smallest absolute Gasteiger partial charge is 0.160 e. The summed E-state index contributed by atoms with van der Waals surface area (Å²) >= 11 is 13.4. The molecule has 0 unspecified atom stereocenters. The third-order valence-electron chi connectivity index (χ3n) is 1.59. The number of halogens is 2. The maximum Gasteiger partial charge on any atom is 0.160 e. The van der Waals surface area contributed by atoms with Gasteiger partial charge in [0.15, 0.2) is 5.17 Å². The zero-order valence-corrected chi connectivity index (χ0v) is 10.2. The highest BCUT2D eigenvalue weighted by molar-refractivity contribution is 8.13. The molecule has 0 atom stereocenters. The first-order valence-corrected chi connectivity index (χ1v) is 5.89. The second-order valence-electron chi connectivity index (χ2n) is 2.46. The van der Waals surface area contributed by atoms with Crippen molar-refractivity contribution < 1.29 is 0 Å². The van der Waals surface area contributed by atoms with E-state index >= 15 is 0 Å². The van der Waals surface area contributed by atoms with E-state index in [2.05, 4.69) is 10.3 Å². The van der Waals surface area contributed by atoms with Crippen LogP contribution in [0.4, 0.5) is 5.69 Å². The molecule has 0 aliphatic carbocycles. The van der Waals surface area contributed by atoms with Gasteiger partial charge in [0, 0.05) is 7.05 Å². The fourth-order valence-corrected chi connectivity index (χ4v) is 1.66. The highest BCUT2D eigenvalue weighted by Gasteiger charge is 2.05. The molecule has 0 saturated carbocycles. The Hall–Kier alpha value is -0.380. The monoisotopic (exact) mass is 248 g/mol. The summed E-state index contributed by atoms with van der Waals surface area (Å²) in [5.74, 6) is 0. The standard InChI is InChI=1S/C9H10Cl2N2S/c1-12-9(14-2)13-7-5-3-4-6(10)8(7)11/h3-5H,1-2H3,(H,12,13). The molecular formula is C9H10Cl2N2S. The van der Waals surface area contributed by atoms with Gasteiger partial charge in [-0.05, 0) is 18.4 Å². The van der Waals surface area contributed by atoms with E-state index in [-0.39, 0.29) is 0 Å². The summed E-state index contributed by atoms with van der Waals surface area (Å²) in [4.78, 5) is 4.04. The lowest BCUT2D eigenvalue weighted by molar-refractivity contribution is 1.45. The fourth-order valence-electron chi connectivity index (χ4n) is 0.914. The molecular weight excluding hydrogens is 239 g/mol. The molecule has 0 aliphatic heterocycles. The summed E-state index contributed by atoms with van der Waals surface area (Å²) in [7, 11) is 1.72. The maximum atomic E-state index is 5.99. The molecule has 0 bridgehead atoms. The Bertz CT molecular complexity index is 353. The number of nitrogens with zero attached hydrogens (tertiary/aromatic N) is 1. The van der Waals surface area contributed by atoms with E-state index < -0.39 is 0 Å². The predicted molar refractivity (Wildman–Crippen MR) is 67.0 cm³/mol. The average Bonchev–Trinajstić information content (AvgIpc) is 2.20. The van der Waals surface area contributed by atoms with Crippen molar-refractivity contribution in [2.24, 2.45) is 4.99 Å². The zero-order valence-electron chi connectivity index (χ0n) is 7.84. The van der Waals surface area contributed by atoms with Crippen molar-refractivity contribution in [1.29, 1.82) is 0 Å². The lowest BCUT2D eigenvalue weighted by atomic mass is 10.3. The summed E-state index contributed by atoms with van der Waals surface area (Å²) in [5, 5.41) is 4.94. The molecule has 0 spiro atoms. The molecule has 0 aliphatic rings. The number of anilines is 1. The molecule has 0 aromatic heterocycles. The quantitative estimate of drug-likeness (QED) is 0.605. The van der Waals surface area contributed by atoms with E-state index in [0.29, 0.717) is 10.0 Å². The van der Waals surface area contributed by atoms with Gasteiger partial charge in [-0.3, -0.25) is 4.99 Å². The van der Waals surface area contributed by atoms with Gasteiger partial charge in [-0.1, -0.05) is 41.0 Å². The van der Waals surface area contributed by atoms with Crippen LogP contribution in [0, 0.1) is 0 Å². The van der Waals surface area contributed by atoms with Crippen molar-refractivity contribution in [3.05, 3.63) is 28.2 Å². The Kier molecular flexibility index (Phi) is 4.58. The third kappa shape index (κ3) is 2.80. The molecule has 0 fully saturated rings.